The highest BCUT2D eigenvalue weighted by Crippen LogP contribution is 2.18. The zero-order chi connectivity index (χ0) is 17.8. The Morgan fingerprint density at radius 1 is 1.12 bits per heavy atom. The quantitative estimate of drug-likeness (QED) is 0.684. The van der Waals surface area contributed by atoms with Crippen LogP contribution >= 0.6 is 0 Å². The first-order valence-corrected chi connectivity index (χ1v) is 8.74. The molecule has 0 saturated heterocycles. The number of pyridine rings is 2. The fourth-order valence-electron chi connectivity index (χ4n) is 3.15. The van der Waals surface area contributed by atoms with E-state index in [9.17, 15) is 0 Å². The molecule has 0 unspecified atom stereocenters. The van der Waals surface area contributed by atoms with E-state index < -0.39 is 0 Å². The SMILES string of the molecule is Cc1ccnc(C[C@@H](C)N(C)Cc2ccc(C)n2-c2cccnc2)c1. The molecule has 130 valence electrons. The summed E-state index contributed by atoms with van der Waals surface area (Å²) in [6, 6.07) is 13.1. The third-order valence-corrected chi connectivity index (χ3v) is 4.70. The van der Waals surface area contributed by atoms with E-state index in [-0.39, 0.29) is 0 Å². The molecule has 3 heterocycles. The molecule has 0 N–H and O–H groups in total. The van der Waals surface area contributed by atoms with E-state index in [1.165, 1.54) is 17.0 Å². The molecule has 0 fully saturated rings. The lowest BCUT2D eigenvalue weighted by Gasteiger charge is -2.25. The highest BCUT2D eigenvalue weighted by Gasteiger charge is 2.15. The third kappa shape index (κ3) is 4.15. The van der Waals surface area contributed by atoms with Crippen LogP contribution in [0, 0.1) is 13.8 Å². The molecular formula is C21H26N4. The fourth-order valence-corrected chi connectivity index (χ4v) is 3.15. The Morgan fingerprint density at radius 3 is 2.68 bits per heavy atom. The van der Waals surface area contributed by atoms with Crippen LogP contribution in [0.15, 0.2) is 55.0 Å². The average molecular weight is 334 g/mol. The minimum absolute atomic E-state index is 0.409. The largest absolute Gasteiger partial charge is 0.315 e. The van der Waals surface area contributed by atoms with Crippen molar-refractivity contribution in [3.05, 3.63) is 77.6 Å². The van der Waals surface area contributed by atoms with Crippen LogP contribution in [0.3, 0.4) is 0 Å². The Balaban J connectivity index is 1.74. The van der Waals surface area contributed by atoms with Crippen LogP contribution in [0.2, 0.25) is 0 Å². The van der Waals surface area contributed by atoms with E-state index in [4.69, 9.17) is 0 Å². The summed E-state index contributed by atoms with van der Waals surface area (Å²) < 4.78 is 2.28. The molecule has 3 rings (SSSR count). The van der Waals surface area contributed by atoms with Gasteiger partial charge in [0.1, 0.15) is 0 Å². The van der Waals surface area contributed by atoms with Crippen molar-refractivity contribution in [2.45, 2.75) is 39.8 Å². The molecule has 0 spiro atoms. The Labute approximate surface area is 150 Å². The number of nitrogens with zero attached hydrogens (tertiary/aromatic N) is 4. The summed E-state index contributed by atoms with van der Waals surface area (Å²) in [4.78, 5) is 11.1. The van der Waals surface area contributed by atoms with Gasteiger partial charge < -0.3 is 4.57 Å². The van der Waals surface area contributed by atoms with E-state index in [0.717, 1.165) is 24.3 Å². The number of rotatable bonds is 6. The van der Waals surface area contributed by atoms with Gasteiger partial charge in [0, 0.05) is 48.5 Å². The van der Waals surface area contributed by atoms with Crippen LogP contribution < -0.4 is 0 Å². The van der Waals surface area contributed by atoms with E-state index >= 15 is 0 Å². The molecule has 3 aromatic heterocycles. The van der Waals surface area contributed by atoms with Crippen molar-refractivity contribution >= 4 is 0 Å². The molecule has 0 saturated carbocycles. The number of hydrogen-bond donors (Lipinski definition) is 0. The smallest absolute Gasteiger partial charge is 0.0639 e. The maximum atomic E-state index is 4.50. The van der Waals surface area contributed by atoms with Crippen LogP contribution in [-0.2, 0) is 13.0 Å². The summed E-state index contributed by atoms with van der Waals surface area (Å²) >= 11 is 0. The third-order valence-electron chi connectivity index (χ3n) is 4.70. The Bertz CT molecular complexity index is 823. The maximum absolute atomic E-state index is 4.50. The Hall–Kier alpha value is -2.46. The van der Waals surface area contributed by atoms with Crippen molar-refractivity contribution in [2.75, 3.05) is 7.05 Å². The second kappa shape index (κ2) is 7.62. The summed E-state index contributed by atoms with van der Waals surface area (Å²) in [7, 11) is 2.18. The van der Waals surface area contributed by atoms with E-state index in [1.807, 2.05) is 30.7 Å². The van der Waals surface area contributed by atoms with Crippen molar-refractivity contribution < 1.29 is 0 Å². The molecule has 0 amide bonds. The van der Waals surface area contributed by atoms with Crippen molar-refractivity contribution in [3.8, 4) is 5.69 Å². The van der Waals surface area contributed by atoms with Crippen molar-refractivity contribution in [1.29, 1.82) is 0 Å². The predicted molar refractivity (Wildman–Crippen MR) is 102 cm³/mol. The highest BCUT2D eigenvalue weighted by atomic mass is 15.1. The van der Waals surface area contributed by atoms with E-state index in [2.05, 4.69) is 71.5 Å². The summed E-state index contributed by atoms with van der Waals surface area (Å²) in [6.45, 7) is 7.39. The fraction of sp³-hybridized carbons (Fsp3) is 0.333. The molecule has 0 aliphatic rings. The van der Waals surface area contributed by atoms with Gasteiger partial charge in [-0.3, -0.25) is 14.9 Å². The molecule has 4 heteroatoms. The van der Waals surface area contributed by atoms with Gasteiger partial charge in [0.15, 0.2) is 0 Å². The van der Waals surface area contributed by atoms with Gasteiger partial charge in [-0.25, -0.2) is 0 Å². The number of aromatic nitrogens is 3. The summed E-state index contributed by atoms with van der Waals surface area (Å²) in [5.41, 5.74) is 6.03. The van der Waals surface area contributed by atoms with Gasteiger partial charge in [-0.05, 0) is 69.8 Å². The molecule has 25 heavy (non-hydrogen) atoms. The van der Waals surface area contributed by atoms with Gasteiger partial charge in [-0.2, -0.15) is 0 Å². The molecule has 0 aromatic carbocycles. The average Bonchev–Trinajstić information content (AvgIpc) is 2.96. The van der Waals surface area contributed by atoms with E-state index in [1.54, 1.807) is 0 Å². The zero-order valence-electron chi connectivity index (χ0n) is 15.5. The Kier molecular flexibility index (Phi) is 5.29. The second-order valence-electron chi connectivity index (χ2n) is 6.81. The lowest BCUT2D eigenvalue weighted by Crippen LogP contribution is -2.31. The van der Waals surface area contributed by atoms with Crippen LogP contribution in [-0.4, -0.2) is 32.5 Å². The van der Waals surface area contributed by atoms with Crippen LogP contribution in [0.25, 0.3) is 5.69 Å². The van der Waals surface area contributed by atoms with E-state index in [0.29, 0.717) is 6.04 Å². The molecule has 3 aromatic rings. The van der Waals surface area contributed by atoms with Crippen LogP contribution in [0.4, 0.5) is 0 Å². The topological polar surface area (TPSA) is 34.0 Å². The van der Waals surface area contributed by atoms with Crippen molar-refractivity contribution in [1.82, 2.24) is 19.4 Å². The van der Waals surface area contributed by atoms with Crippen LogP contribution in [0.5, 0.6) is 0 Å². The summed E-state index contributed by atoms with van der Waals surface area (Å²) in [6.07, 6.45) is 6.57. The van der Waals surface area contributed by atoms with Gasteiger partial charge in [0.2, 0.25) is 0 Å². The minimum Gasteiger partial charge on any atom is -0.315 e. The van der Waals surface area contributed by atoms with Crippen LogP contribution in [0.1, 0.15) is 29.6 Å². The number of hydrogen-bond acceptors (Lipinski definition) is 3. The van der Waals surface area contributed by atoms with Crippen molar-refractivity contribution in [3.63, 3.8) is 0 Å². The zero-order valence-corrected chi connectivity index (χ0v) is 15.5. The molecule has 4 nitrogen and oxygen atoms in total. The lowest BCUT2D eigenvalue weighted by atomic mass is 10.1. The first kappa shape index (κ1) is 17.4. The van der Waals surface area contributed by atoms with Gasteiger partial charge in [0.05, 0.1) is 11.9 Å². The van der Waals surface area contributed by atoms with Gasteiger partial charge in [-0.1, -0.05) is 0 Å². The first-order valence-electron chi connectivity index (χ1n) is 8.74. The minimum atomic E-state index is 0.409. The highest BCUT2D eigenvalue weighted by molar-refractivity contribution is 5.35. The van der Waals surface area contributed by atoms with Gasteiger partial charge >= 0.3 is 0 Å². The molecule has 0 radical (unpaired) electrons. The normalized spacial score (nSPS) is 12.5. The summed E-state index contributed by atoms with van der Waals surface area (Å²) in [5.74, 6) is 0. The first-order chi connectivity index (χ1) is 12.0. The summed E-state index contributed by atoms with van der Waals surface area (Å²) in [5, 5.41) is 0. The maximum Gasteiger partial charge on any atom is 0.0639 e. The molecular weight excluding hydrogens is 308 g/mol. The molecule has 0 aliphatic heterocycles. The second-order valence-corrected chi connectivity index (χ2v) is 6.81. The predicted octanol–water partition coefficient (Wildman–Crippen LogP) is 3.95. The lowest BCUT2D eigenvalue weighted by molar-refractivity contribution is 0.243. The van der Waals surface area contributed by atoms with Gasteiger partial charge in [-0.15, -0.1) is 0 Å². The number of likely N-dealkylation sites (N-methyl/N-ethyl adjacent to an activating group) is 1. The van der Waals surface area contributed by atoms with Crippen molar-refractivity contribution in [2.24, 2.45) is 0 Å². The standard InChI is InChI=1S/C21H26N4/c1-16-9-11-23-19(12-16)13-18(3)24(4)15-21-8-7-17(2)25(21)20-6-5-10-22-14-20/h5-12,14,18H,13,15H2,1-4H3/t18-/m1/s1. The Morgan fingerprint density at radius 2 is 1.96 bits per heavy atom. The molecule has 0 aliphatic carbocycles. The number of aryl methyl sites for hydroxylation is 2. The molecule has 1 atom stereocenters. The van der Waals surface area contributed by atoms with Gasteiger partial charge in [0.25, 0.3) is 0 Å². The monoisotopic (exact) mass is 334 g/mol. The molecule has 0 bridgehead atoms.